The third-order valence-electron chi connectivity index (χ3n) is 2.07. The summed E-state index contributed by atoms with van der Waals surface area (Å²) in [5.74, 6) is 0.836. The number of hydrogen-bond donors (Lipinski definition) is 0. The van der Waals surface area contributed by atoms with Crippen molar-refractivity contribution in [1.82, 2.24) is 0 Å². The topological polar surface area (TPSA) is 9.23 Å². The average Bonchev–Trinajstić information content (AvgIpc) is 1.86. The molecule has 2 heteroatoms. The Morgan fingerprint density at radius 2 is 1.82 bits per heavy atom. The van der Waals surface area contributed by atoms with Crippen LogP contribution in [0.1, 0.15) is 27.2 Å². The maximum atomic E-state index is 5.74. The van der Waals surface area contributed by atoms with Gasteiger partial charge >= 0.3 is 0 Å². The molecule has 0 saturated heterocycles. The minimum Gasteiger partial charge on any atom is -0.418 e. The summed E-state index contributed by atoms with van der Waals surface area (Å²) in [5.41, 5.74) is 0. The summed E-state index contributed by atoms with van der Waals surface area (Å²) in [5, 5.41) is 0. The maximum Gasteiger partial charge on any atom is 0.186 e. The Hall–Kier alpha value is 0.177. The summed E-state index contributed by atoms with van der Waals surface area (Å²) in [6, 6.07) is 1.30. The molecule has 68 valence electrons. The van der Waals surface area contributed by atoms with Crippen molar-refractivity contribution in [2.75, 3.05) is 6.61 Å². The molecule has 1 nitrogen and oxygen atoms in total. The molecule has 0 heterocycles. The summed E-state index contributed by atoms with van der Waals surface area (Å²) in [6.45, 7) is 12.2. The molecule has 0 amide bonds. The molecular formula is C9H22OSi. The highest BCUT2D eigenvalue weighted by Crippen LogP contribution is 2.19. The Morgan fingerprint density at radius 1 is 1.27 bits per heavy atom. The lowest BCUT2D eigenvalue weighted by Gasteiger charge is -2.24. The molecule has 0 aliphatic heterocycles. The zero-order valence-corrected chi connectivity index (χ0v) is 9.61. The van der Waals surface area contributed by atoms with Gasteiger partial charge in [-0.3, -0.25) is 0 Å². The summed E-state index contributed by atoms with van der Waals surface area (Å²) in [7, 11) is -1.29. The van der Waals surface area contributed by atoms with Gasteiger partial charge < -0.3 is 4.43 Å². The highest BCUT2D eigenvalue weighted by Gasteiger charge is 2.23. The first-order valence-corrected chi connectivity index (χ1v) is 7.77. The summed E-state index contributed by atoms with van der Waals surface area (Å²) in [6.07, 6.45) is 1.28. The van der Waals surface area contributed by atoms with Crippen molar-refractivity contribution in [3.05, 3.63) is 0 Å². The molecule has 1 unspecified atom stereocenters. The molecule has 0 fully saturated rings. The van der Waals surface area contributed by atoms with Crippen molar-refractivity contribution in [2.45, 2.75) is 46.3 Å². The lowest BCUT2D eigenvalue weighted by molar-refractivity contribution is 0.322. The second-order valence-corrected chi connectivity index (χ2v) is 8.13. The van der Waals surface area contributed by atoms with E-state index in [1.807, 2.05) is 0 Å². The van der Waals surface area contributed by atoms with Crippen molar-refractivity contribution in [3.8, 4) is 0 Å². The first-order valence-electron chi connectivity index (χ1n) is 4.65. The number of hydrogen-bond acceptors (Lipinski definition) is 1. The minimum absolute atomic E-state index is 0.836. The second-order valence-electron chi connectivity index (χ2n) is 3.91. The molecule has 0 aromatic rings. The van der Waals surface area contributed by atoms with E-state index in [-0.39, 0.29) is 0 Å². The number of rotatable bonds is 5. The van der Waals surface area contributed by atoms with Gasteiger partial charge in [0, 0.05) is 6.61 Å². The van der Waals surface area contributed by atoms with E-state index in [1.54, 1.807) is 0 Å². The molecule has 0 spiro atoms. The van der Waals surface area contributed by atoms with Crippen LogP contribution in [0.2, 0.25) is 19.1 Å². The van der Waals surface area contributed by atoms with Gasteiger partial charge in [0.2, 0.25) is 0 Å². The van der Waals surface area contributed by atoms with Crippen LogP contribution >= 0.6 is 0 Å². The zero-order valence-electron chi connectivity index (χ0n) is 8.61. The van der Waals surface area contributed by atoms with Crippen molar-refractivity contribution in [2.24, 2.45) is 5.92 Å². The van der Waals surface area contributed by atoms with Crippen LogP contribution in [0.25, 0.3) is 0 Å². The van der Waals surface area contributed by atoms with Gasteiger partial charge in [-0.05, 0) is 32.0 Å². The van der Waals surface area contributed by atoms with Crippen LogP contribution in [0.4, 0.5) is 0 Å². The molecule has 0 rings (SSSR count). The molecule has 0 N–H and O–H groups in total. The normalized spacial score (nSPS) is 15.0. The van der Waals surface area contributed by atoms with Crippen LogP contribution in [0, 0.1) is 5.92 Å². The highest BCUT2D eigenvalue weighted by molar-refractivity contribution is 6.71. The van der Waals surface area contributed by atoms with E-state index in [9.17, 15) is 0 Å². The molecule has 11 heavy (non-hydrogen) atoms. The van der Waals surface area contributed by atoms with Crippen molar-refractivity contribution < 1.29 is 4.43 Å². The fourth-order valence-electron chi connectivity index (χ4n) is 1.43. The quantitative estimate of drug-likeness (QED) is 0.581. The van der Waals surface area contributed by atoms with E-state index in [1.165, 1.54) is 12.5 Å². The molecule has 0 aliphatic rings. The lowest BCUT2D eigenvalue weighted by Crippen LogP contribution is -2.32. The van der Waals surface area contributed by atoms with Crippen LogP contribution in [0.3, 0.4) is 0 Å². The fourth-order valence-corrected chi connectivity index (χ4v) is 4.30. The molecular weight excluding hydrogens is 152 g/mol. The predicted octanol–water partition coefficient (Wildman–Crippen LogP) is 3.27. The van der Waals surface area contributed by atoms with Gasteiger partial charge in [-0.25, -0.2) is 0 Å². The van der Waals surface area contributed by atoms with Crippen LogP contribution < -0.4 is 0 Å². The van der Waals surface area contributed by atoms with E-state index in [0.717, 1.165) is 12.5 Å². The first kappa shape index (κ1) is 11.2. The monoisotopic (exact) mass is 174 g/mol. The Balaban J connectivity index is 3.70. The van der Waals surface area contributed by atoms with Gasteiger partial charge in [0.25, 0.3) is 0 Å². The minimum atomic E-state index is -1.29. The average molecular weight is 174 g/mol. The van der Waals surface area contributed by atoms with Crippen molar-refractivity contribution in [1.29, 1.82) is 0 Å². The molecule has 0 saturated carbocycles. The van der Waals surface area contributed by atoms with Crippen LogP contribution in [-0.4, -0.2) is 14.9 Å². The van der Waals surface area contributed by atoms with E-state index >= 15 is 0 Å². The Kier molecular flexibility index (Phi) is 5.02. The van der Waals surface area contributed by atoms with Gasteiger partial charge in [0.05, 0.1) is 0 Å². The Bertz CT molecular complexity index is 102. The molecule has 0 aromatic carbocycles. The van der Waals surface area contributed by atoms with Gasteiger partial charge in [-0.2, -0.15) is 0 Å². The zero-order chi connectivity index (χ0) is 8.91. The summed E-state index contributed by atoms with van der Waals surface area (Å²) >= 11 is 0. The van der Waals surface area contributed by atoms with Gasteiger partial charge in [0.1, 0.15) is 0 Å². The highest BCUT2D eigenvalue weighted by atomic mass is 28.4. The third-order valence-corrected chi connectivity index (χ3v) is 4.82. The molecule has 1 atom stereocenters. The van der Waals surface area contributed by atoms with E-state index in [0.29, 0.717) is 0 Å². The second kappa shape index (κ2) is 4.94. The van der Waals surface area contributed by atoms with Gasteiger partial charge in [-0.15, -0.1) is 0 Å². The fraction of sp³-hybridized carbons (Fsp3) is 1.00. The van der Waals surface area contributed by atoms with Gasteiger partial charge in [0.15, 0.2) is 8.32 Å². The molecule has 0 aromatic heterocycles. The predicted molar refractivity (Wildman–Crippen MR) is 53.4 cm³/mol. The van der Waals surface area contributed by atoms with Crippen LogP contribution in [0.15, 0.2) is 0 Å². The van der Waals surface area contributed by atoms with Gasteiger partial charge in [-0.1, -0.05) is 20.3 Å². The van der Waals surface area contributed by atoms with Crippen LogP contribution in [0.5, 0.6) is 0 Å². The molecule has 0 aliphatic carbocycles. The lowest BCUT2D eigenvalue weighted by atomic mass is 10.2. The van der Waals surface area contributed by atoms with E-state index < -0.39 is 8.32 Å². The molecule has 0 bridgehead atoms. The van der Waals surface area contributed by atoms with Crippen molar-refractivity contribution in [3.63, 3.8) is 0 Å². The van der Waals surface area contributed by atoms with E-state index in [4.69, 9.17) is 4.43 Å². The van der Waals surface area contributed by atoms with E-state index in [2.05, 4.69) is 33.9 Å². The Morgan fingerprint density at radius 3 is 2.18 bits per heavy atom. The largest absolute Gasteiger partial charge is 0.418 e. The molecule has 0 radical (unpaired) electrons. The van der Waals surface area contributed by atoms with Crippen LogP contribution in [-0.2, 0) is 4.43 Å². The SMILES string of the molecule is CCO[Si](C)(C)CC(C)CC. The van der Waals surface area contributed by atoms with Crippen molar-refractivity contribution >= 4 is 8.32 Å². The third kappa shape index (κ3) is 5.45. The summed E-state index contributed by atoms with van der Waals surface area (Å²) < 4.78 is 5.74. The smallest absolute Gasteiger partial charge is 0.186 e. The summed E-state index contributed by atoms with van der Waals surface area (Å²) in [4.78, 5) is 0. The Labute approximate surface area is 72.3 Å². The standard InChI is InChI=1S/C9H22OSi/c1-6-9(3)8-11(4,5)10-7-2/h9H,6-8H2,1-5H3. The maximum absolute atomic E-state index is 5.74. The first-order chi connectivity index (χ1) is 5.02.